The van der Waals surface area contributed by atoms with Crippen molar-refractivity contribution in [2.24, 2.45) is 0 Å². The Bertz CT molecular complexity index is 3570. The molecule has 4 nitrogen and oxygen atoms in total. The summed E-state index contributed by atoms with van der Waals surface area (Å²) >= 11 is 1.81. The van der Waals surface area contributed by atoms with Gasteiger partial charge in [-0.15, -0.1) is 11.3 Å². The molecule has 12 rings (SSSR count). The number of aromatic nitrogens is 4. The van der Waals surface area contributed by atoms with E-state index in [-0.39, 0.29) is 10.8 Å². The molecule has 8 aromatic carbocycles. The van der Waals surface area contributed by atoms with E-state index in [2.05, 4.69) is 202 Å². The summed E-state index contributed by atoms with van der Waals surface area (Å²) in [6.07, 6.45) is 2.33. The molecule has 0 N–H and O–H groups in total. The summed E-state index contributed by atoms with van der Waals surface area (Å²) in [5, 5.41) is 7.43. The molecule has 0 atom stereocenters. The van der Waals surface area contributed by atoms with Crippen molar-refractivity contribution in [2.45, 2.75) is 51.4 Å². The Kier molecular flexibility index (Phi) is 8.20. The lowest BCUT2D eigenvalue weighted by Gasteiger charge is -2.42. The average molecular weight is 817 g/mol. The van der Waals surface area contributed by atoms with E-state index in [1.807, 2.05) is 11.3 Å². The van der Waals surface area contributed by atoms with Gasteiger partial charge in [0.2, 0.25) is 0 Å². The van der Waals surface area contributed by atoms with Crippen molar-refractivity contribution in [1.82, 2.24) is 19.5 Å². The first-order valence-electron chi connectivity index (χ1n) is 21.6. The molecular weight excluding hydrogens is 773 g/mol. The van der Waals surface area contributed by atoms with Crippen LogP contribution in [0, 0.1) is 0 Å². The third-order valence-electron chi connectivity index (χ3n) is 13.5. The molecule has 1 aliphatic rings. The molecule has 0 unspecified atom stereocenters. The first-order chi connectivity index (χ1) is 30.2. The normalized spacial score (nSPS) is 14.6. The third kappa shape index (κ3) is 5.90. The van der Waals surface area contributed by atoms with Crippen LogP contribution in [-0.4, -0.2) is 19.5 Å². The van der Waals surface area contributed by atoms with Crippen LogP contribution in [0.3, 0.4) is 0 Å². The number of hydrogen-bond donors (Lipinski definition) is 0. The number of thiophene rings is 1. The van der Waals surface area contributed by atoms with E-state index in [9.17, 15) is 0 Å². The highest BCUT2D eigenvalue weighted by Crippen LogP contribution is 2.49. The molecule has 0 radical (unpaired) electrons. The fourth-order valence-corrected chi connectivity index (χ4v) is 11.1. The summed E-state index contributed by atoms with van der Waals surface area (Å²) in [5.74, 6) is 1.95. The van der Waals surface area contributed by atoms with Crippen LogP contribution in [0.1, 0.15) is 51.7 Å². The lowest BCUT2D eigenvalue weighted by Crippen LogP contribution is -2.33. The summed E-state index contributed by atoms with van der Waals surface area (Å²) in [5.41, 5.74) is 11.8. The van der Waals surface area contributed by atoms with Crippen molar-refractivity contribution < 1.29 is 0 Å². The van der Waals surface area contributed by atoms with Crippen molar-refractivity contribution in [3.8, 4) is 51.0 Å². The van der Waals surface area contributed by atoms with E-state index >= 15 is 0 Å². The minimum Gasteiger partial charge on any atom is -0.309 e. The van der Waals surface area contributed by atoms with Crippen LogP contribution in [0.25, 0.3) is 104 Å². The maximum atomic E-state index is 5.35. The largest absolute Gasteiger partial charge is 0.309 e. The molecule has 3 heterocycles. The Morgan fingerprint density at radius 3 is 1.79 bits per heavy atom. The predicted octanol–water partition coefficient (Wildman–Crippen LogP) is 15.5. The molecule has 5 heteroatoms. The molecule has 0 amide bonds. The Labute approximate surface area is 365 Å². The Balaban J connectivity index is 1.08. The van der Waals surface area contributed by atoms with E-state index in [0.717, 1.165) is 34.4 Å². The zero-order valence-corrected chi connectivity index (χ0v) is 36.1. The van der Waals surface area contributed by atoms with Crippen LogP contribution in [0.5, 0.6) is 0 Å². The SMILES string of the molecule is CC1(C)CCC(C)(C)c2cc3c(cc21)c1cc2ccccc2cc1n3-c1cccc(-c2nc(-c3ccc(-c4ccccc4)cc3)nc(-c3cccc4sc5ccccc5c34)n2)c1. The van der Waals surface area contributed by atoms with E-state index in [1.54, 1.807) is 0 Å². The van der Waals surface area contributed by atoms with Crippen molar-refractivity contribution in [2.75, 3.05) is 0 Å². The third-order valence-corrected chi connectivity index (χ3v) is 14.6. The summed E-state index contributed by atoms with van der Waals surface area (Å²) in [6.45, 7) is 9.67. The molecule has 0 bridgehead atoms. The van der Waals surface area contributed by atoms with Crippen molar-refractivity contribution >= 4 is 64.1 Å². The number of benzene rings is 8. The number of nitrogens with zero attached hydrogens (tertiary/aromatic N) is 4. The van der Waals surface area contributed by atoms with Gasteiger partial charge in [0.25, 0.3) is 0 Å². The maximum absolute atomic E-state index is 5.35. The fraction of sp³-hybridized carbons (Fsp3) is 0.140. The molecule has 298 valence electrons. The van der Waals surface area contributed by atoms with Crippen LogP contribution in [0.2, 0.25) is 0 Å². The predicted molar refractivity (Wildman–Crippen MR) is 262 cm³/mol. The molecule has 11 aromatic rings. The van der Waals surface area contributed by atoms with Gasteiger partial charge in [-0.1, -0.05) is 149 Å². The van der Waals surface area contributed by atoms with Gasteiger partial charge in [-0.2, -0.15) is 0 Å². The molecule has 0 saturated heterocycles. The first kappa shape index (κ1) is 36.9. The standard InChI is InChI=1S/C57H44N4S/c1-56(2)28-29-57(3,4)47-34-49-45(33-46(47)56)44-31-38-16-8-9-17-39(38)32-48(44)61(49)41-19-12-18-40(30-41)54-58-53(37-26-24-36(25-27-37)35-14-6-5-7-15-35)59-55(60-54)43-21-13-23-51-52(43)42-20-10-11-22-50(42)62-51/h5-27,30-34H,28-29H2,1-4H3. The van der Waals surface area contributed by atoms with Crippen LogP contribution >= 0.6 is 11.3 Å². The van der Waals surface area contributed by atoms with Gasteiger partial charge < -0.3 is 4.57 Å². The lowest BCUT2D eigenvalue weighted by atomic mass is 9.63. The number of rotatable bonds is 5. The molecule has 3 aromatic heterocycles. The molecule has 0 spiro atoms. The van der Waals surface area contributed by atoms with Crippen LogP contribution in [0.15, 0.2) is 170 Å². The first-order valence-corrected chi connectivity index (χ1v) is 22.5. The second kappa shape index (κ2) is 13.8. The van der Waals surface area contributed by atoms with Gasteiger partial charge in [0, 0.05) is 53.3 Å². The van der Waals surface area contributed by atoms with Crippen LogP contribution < -0.4 is 0 Å². The highest BCUT2D eigenvalue weighted by Gasteiger charge is 2.38. The zero-order chi connectivity index (χ0) is 41.7. The smallest absolute Gasteiger partial charge is 0.164 e. The summed E-state index contributed by atoms with van der Waals surface area (Å²) in [7, 11) is 0. The van der Waals surface area contributed by atoms with Crippen molar-refractivity contribution in [1.29, 1.82) is 0 Å². The van der Waals surface area contributed by atoms with Crippen LogP contribution in [-0.2, 0) is 10.8 Å². The van der Waals surface area contributed by atoms with Gasteiger partial charge in [-0.25, -0.2) is 15.0 Å². The van der Waals surface area contributed by atoms with Crippen LogP contribution in [0.4, 0.5) is 0 Å². The quantitative estimate of drug-likeness (QED) is 0.174. The molecule has 0 fully saturated rings. The topological polar surface area (TPSA) is 43.6 Å². The monoisotopic (exact) mass is 816 g/mol. The number of hydrogen-bond acceptors (Lipinski definition) is 4. The van der Waals surface area contributed by atoms with E-state index in [4.69, 9.17) is 15.0 Å². The van der Waals surface area contributed by atoms with E-state index < -0.39 is 0 Å². The number of fused-ring (bicyclic) bond motifs is 8. The Hall–Kier alpha value is -6.95. The molecule has 62 heavy (non-hydrogen) atoms. The summed E-state index contributed by atoms with van der Waals surface area (Å²) in [6, 6.07) is 61.5. The van der Waals surface area contributed by atoms with Gasteiger partial charge in [0.15, 0.2) is 17.5 Å². The van der Waals surface area contributed by atoms with E-state index in [0.29, 0.717) is 17.5 Å². The summed E-state index contributed by atoms with van der Waals surface area (Å²) < 4.78 is 4.94. The van der Waals surface area contributed by atoms with Gasteiger partial charge in [0.1, 0.15) is 0 Å². The molecule has 0 saturated carbocycles. The maximum Gasteiger partial charge on any atom is 0.164 e. The summed E-state index contributed by atoms with van der Waals surface area (Å²) in [4.78, 5) is 15.9. The van der Waals surface area contributed by atoms with E-state index in [1.165, 1.54) is 75.9 Å². The molecule has 1 aliphatic carbocycles. The molecule has 0 aliphatic heterocycles. The Morgan fingerprint density at radius 1 is 0.435 bits per heavy atom. The minimum atomic E-state index is 0.0699. The Morgan fingerprint density at radius 2 is 1.00 bits per heavy atom. The average Bonchev–Trinajstić information content (AvgIpc) is 3.85. The fourth-order valence-electron chi connectivity index (χ4n) is 9.98. The minimum absolute atomic E-state index is 0.0699. The second-order valence-corrected chi connectivity index (χ2v) is 19.4. The van der Waals surface area contributed by atoms with Crippen molar-refractivity contribution in [3.63, 3.8) is 0 Å². The lowest BCUT2D eigenvalue weighted by molar-refractivity contribution is 0.332. The zero-order valence-electron chi connectivity index (χ0n) is 35.3. The highest BCUT2D eigenvalue weighted by atomic mass is 32.1. The van der Waals surface area contributed by atoms with Gasteiger partial charge >= 0.3 is 0 Å². The van der Waals surface area contributed by atoms with Gasteiger partial charge in [-0.05, 0) is 105 Å². The van der Waals surface area contributed by atoms with Gasteiger partial charge in [0.05, 0.1) is 11.0 Å². The second-order valence-electron chi connectivity index (χ2n) is 18.3. The molecular formula is C57H44N4S. The van der Waals surface area contributed by atoms with Crippen molar-refractivity contribution in [3.05, 3.63) is 181 Å². The highest BCUT2D eigenvalue weighted by molar-refractivity contribution is 7.25. The van der Waals surface area contributed by atoms with Gasteiger partial charge in [-0.3, -0.25) is 0 Å².